The average molecular weight is 268 g/mol. The van der Waals surface area contributed by atoms with E-state index in [0.717, 1.165) is 25.7 Å². The minimum absolute atomic E-state index is 0.211. The Morgan fingerprint density at radius 1 is 0.789 bits per heavy atom. The molecule has 0 amide bonds. The smallest absolute Gasteiger partial charge is 0.317 e. The molecule has 0 saturated carbocycles. The van der Waals surface area contributed by atoms with E-state index in [-0.39, 0.29) is 19.6 Å². The zero-order valence-corrected chi connectivity index (χ0v) is 11.9. The first-order chi connectivity index (χ1) is 9.20. The van der Waals surface area contributed by atoms with Crippen molar-refractivity contribution in [2.75, 3.05) is 13.2 Å². The van der Waals surface area contributed by atoms with Gasteiger partial charge in [-0.1, -0.05) is 51.0 Å². The summed E-state index contributed by atoms with van der Waals surface area (Å²) in [5, 5.41) is 0. The summed E-state index contributed by atoms with van der Waals surface area (Å²) in [6.45, 7) is 4.56. The van der Waals surface area contributed by atoms with Crippen LogP contribution in [0.1, 0.15) is 46.0 Å². The third-order valence-electron chi connectivity index (χ3n) is 2.21. The van der Waals surface area contributed by atoms with Crippen LogP contribution >= 0.6 is 0 Å². The number of hydrogen-bond donors (Lipinski definition) is 0. The maximum absolute atomic E-state index is 11.2. The lowest BCUT2D eigenvalue weighted by Crippen LogP contribution is -2.14. The first kappa shape index (κ1) is 17.4. The van der Waals surface area contributed by atoms with Gasteiger partial charge < -0.3 is 9.47 Å². The monoisotopic (exact) mass is 268 g/mol. The molecule has 19 heavy (non-hydrogen) atoms. The molecule has 0 fully saturated rings. The highest BCUT2D eigenvalue weighted by Gasteiger charge is 2.10. The summed E-state index contributed by atoms with van der Waals surface area (Å²) in [6.07, 6.45) is 11.2. The van der Waals surface area contributed by atoms with Gasteiger partial charge in [0.25, 0.3) is 0 Å². The van der Waals surface area contributed by atoms with Crippen LogP contribution in [0.25, 0.3) is 0 Å². The maximum atomic E-state index is 11.2. The van der Waals surface area contributed by atoms with Crippen molar-refractivity contribution in [2.45, 2.75) is 46.0 Å². The lowest BCUT2D eigenvalue weighted by atomic mass is 10.3. The molecule has 4 heteroatoms. The van der Waals surface area contributed by atoms with E-state index in [2.05, 4.69) is 13.8 Å². The van der Waals surface area contributed by atoms with Crippen LogP contribution in [0.15, 0.2) is 24.3 Å². The second kappa shape index (κ2) is 12.9. The molecule has 0 unspecified atom stereocenters. The number of unbranched alkanes of at least 4 members (excludes halogenated alkanes) is 2. The summed E-state index contributed by atoms with van der Waals surface area (Å²) in [5.74, 6) is -1.10. The second-order valence-electron chi connectivity index (χ2n) is 4.06. The molecule has 0 rings (SSSR count). The first-order valence-electron chi connectivity index (χ1n) is 6.81. The molecule has 0 aliphatic heterocycles. The highest BCUT2D eigenvalue weighted by molar-refractivity contribution is 5.91. The minimum Gasteiger partial charge on any atom is -0.461 e. The zero-order valence-electron chi connectivity index (χ0n) is 11.9. The lowest BCUT2D eigenvalue weighted by molar-refractivity contribution is -0.153. The third-order valence-corrected chi connectivity index (χ3v) is 2.21. The van der Waals surface area contributed by atoms with E-state index >= 15 is 0 Å². The third kappa shape index (κ3) is 12.7. The van der Waals surface area contributed by atoms with Gasteiger partial charge in [-0.05, 0) is 12.8 Å². The van der Waals surface area contributed by atoms with Crippen LogP contribution < -0.4 is 0 Å². The molecule has 0 saturated heterocycles. The fourth-order valence-corrected chi connectivity index (χ4v) is 1.21. The Morgan fingerprint density at radius 2 is 1.21 bits per heavy atom. The molecule has 0 N–H and O–H groups in total. The summed E-state index contributed by atoms with van der Waals surface area (Å²) in [5.41, 5.74) is 0. The van der Waals surface area contributed by atoms with Crippen molar-refractivity contribution in [3.05, 3.63) is 24.3 Å². The molecule has 0 aromatic heterocycles. The van der Waals surface area contributed by atoms with Gasteiger partial charge in [0, 0.05) is 0 Å². The number of ether oxygens (including phenoxy) is 2. The molecule has 0 aliphatic carbocycles. The second-order valence-corrected chi connectivity index (χ2v) is 4.06. The van der Waals surface area contributed by atoms with Crippen molar-refractivity contribution in [2.24, 2.45) is 0 Å². The molecule has 0 aromatic carbocycles. The Kier molecular flexibility index (Phi) is 11.8. The summed E-state index contributed by atoms with van der Waals surface area (Å²) in [6, 6.07) is 0. The van der Waals surface area contributed by atoms with Crippen molar-refractivity contribution in [1.82, 2.24) is 0 Å². The van der Waals surface area contributed by atoms with E-state index in [4.69, 9.17) is 9.47 Å². The molecule has 0 atom stereocenters. The molecular weight excluding hydrogens is 244 g/mol. The molecule has 0 heterocycles. The van der Waals surface area contributed by atoms with Gasteiger partial charge in [-0.3, -0.25) is 9.59 Å². The van der Waals surface area contributed by atoms with Crippen LogP contribution in [0.3, 0.4) is 0 Å². The molecule has 0 spiro atoms. The van der Waals surface area contributed by atoms with Gasteiger partial charge in [-0.15, -0.1) is 0 Å². The van der Waals surface area contributed by atoms with Crippen LogP contribution in [0.4, 0.5) is 0 Å². The summed E-state index contributed by atoms with van der Waals surface area (Å²) >= 11 is 0. The number of hydrogen-bond acceptors (Lipinski definition) is 4. The summed E-state index contributed by atoms with van der Waals surface area (Å²) in [4.78, 5) is 22.5. The van der Waals surface area contributed by atoms with Crippen LogP contribution in [-0.4, -0.2) is 25.2 Å². The Hall–Kier alpha value is -1.58. The molecular formula is C15H24O4. The molecule has 4 nitrogen and oxygen atoms in total. The highest BCUT2D eigenvalue weighted by Crippen LogP contribution is 1.94. The van der Waals surface area contributed by atoms with Crippen LogP contribution in [-0.2, 0) is 19.1 Å². The fraction of sp³-hybridized carbons (Fsp3) is 0.600. The standard InChI is InChI=1S/C15H24O4/c1-3-5-7-9-11-18-14(16)13-15(17)19-12-10-8-6-4-2/h7-10H,3-6,11-13H2,1-2H3/b9-7+,10-8+. The summed E-state index contributed by atoms with van der Waals surface area (Å²) < 4.78 is 9.72. The van der Waals surface area contributed by atoms with Gasteiger partial charge in [0.1, 0.15) is 19.6 Å². The average Bonchev–Trinajstić information content (AvgIpc) is 2.38. The van der Waals surface area contributed by atoms with Crippen molar-refractivity contribution in [1.29, 1.82) is 0 Å². The van der Waals surface area contributed by atoms with Gasteiger partial charge in [-0.2, -0.15) is 0 Å². The number of carbonyl (C=O) groups excluding carboxylic acids is 2. The Bertz CT molecular complexity index is 275. The number of carbonyl (C=O) groups is 2. The van der Waals surface area contributed by atoms with Crippen molar-refractivity contribution in [3.63, 3.8) is 0 Å². The van der Waals surface area contributed by atoms with Crippen molar-refractivity contribution in [3.8, 4) is 0 Å². The van der Waals surface area contributed by atoms with E-state index in [1.165, 1.54) is 0 Å². The molecule has 0 bridgehead atoms. The first-order valence-corrected chi connectivity index (χ1v) is 6.81. The number of esters is 2. The largest absolute Gasteiger partial charge is 0.461 e. The SMILES string of the molecule is CCC/C=C/COC(=O)CC(=O)OC/C=C/CCC. The normalized spacial score (nSPS) is 11.1. The van der Waals surface area contributed by atoms with Gasteiger partial charge in [0.05, 0.1) is 0 Å². The minimum atomic E-state index is -0.552. The van der Waals surface area contributed by atoms with Crippen molar-refractivity contribution >= 4 is 11.9 Å². The van der Waals surface area contributed by atoms with Gasteiger partial charge in [0.15, 0.2) is 0 Å². The fourth-order valence-electron chi connectivity index (χ4n) is 1.21. The van der Waals surface area contributed by atoms with E-state index in [1.807, 2.05) is 12.2 Å². The van der Waals surface area contributed by atoms with E-state index in [1.54, 1.807) is 12.2 Å². The topological polar surface area (TPSA) is 52.6 Å². The maximum Gasteiger partial charge on any atom is 0.317 e. The number of rotatable bonds is 10. The van der Waals surface area contributed by atoms with Gasteiger partial charge in [0.2, 0.25) is 0 Å². The predicted molar refractivity (Wildman–Crippen MR) is 74.6 cm³/mol. The van der Waals surface area contributed by atoms with E-state index in [9.17, 15) is 9.59 Å². The Balaban J connectivity index is 3.60. The van der Waals surface area contributed by atoms with Crippen molar-refractivity contribution < 1.29 is 19.1 Å². The highest BCUT2D eigenvalue weighted by atomic mass is 16.6. The Morgan fingerprint density at radius 3 is 1.58 bits per heavy atom. The van der Waals surface area contributed by atoms with Crippen LogP contribution in [0.2, 0.25) is 0 Å². The van der Waals surface area contributed by atoms with E-state index in [0.29, 0.717) is 0 Å². The van der Waals surface area contributed by atoms with E-state index < -0.39 is 11.9 Å². The van der Waals surface area contributed by atoms with Gasteiger partial charge in [-0.25, -0.2) is 0 Å². The Labute approximate surface area is 115 Å². The van der Waals surface area contributed by atoms with Crippen LogP contribution in [0, 0.1) is 0 Å². The lowest BCUT2D eigenvalue weighted by Gasteiger charge is -2.02. The molecule has 108 valence electrons. The predicted octanol–water partition coefficient (Wildman–Crippen LogP) is 3.18. The number of allylic oxidation sites excluding steroid dienone is 2. The summed E-state index contributed by atoms with van der Waals surface area (Å²) in [7, 11) is 0. The zero-order chi connectivity index (χ0) is 14.3. The van der Waals surface area contributed by atoms with Crippen LogP contribution in [0.5, 0.6) is 0 Å². The molecule has 0 aliphatic rings. The molecule has 0 radical (unpaired) electrons. The van der Waals surface area contributed by atoms with Gasteiger partial charge >= 0.3 is 11.9 Å². The molecule has 0 aromatic rings. The quantitative estimate of drug-likeness (QED) is 0.347.